The zero-order valence-electron chi connectivity index (χ0n) is 20.1. The van der Waals surface area contributed by atoms with Gasteiger partial charge in [-0.1, -0.05) is 6.07 Å². The molecule has 0 saturated carbocycles. The molecule has 2 aromatic heterocycles. The van der Waals surface area contributed by atoms with Crippen LogP contribution < -0.4 is 20.1 Å². The Hall–Kier alpha value is -4.60. The average Bonchev–Trinajstić information content (AvgIpc) is 3.26. The molecule has 38 heavy (non-hydrogen) atoms. The van der Waals surface area contributed by atoms with Crippen LogP contribution in [0.4, 0.5) is 13.2 Å². The second-order valence-corrected chi connectivity index (χ2v) is 8.99. The fourth-order valence-electron chi connectivity index (χ4n) is 4.66. The number of halogens is 3. The average molecular weight is 526 g/mol. The molecular formula is C25H21F3N6O4. The Labute approximate surface area is 214 Å². The van der Waals surface area contributed by atoms with Crippen LogP contribution >= 0.6 is 0 Å². The maximum Gasteiger partial charge on any atom is 0.422 e. The van der Waals surface area contributed by atoms with E-state index in [-0.39, 0.29) is 42.3 Å². The van der Waals surface area contributed by atoms with Gasteiger partial charge in [0.25, 0.3) is 11.8 Å². The van der Waals surface area contributed by atoms with Crippen molar-refractivity contribution in [1.29, 1.82) is 5.26 Å². The van der Waals surface area contributed by atoms with Crippen molar-refractivity contribution in [3.8, 4) is 23.4 Å². The van der Waals surface area contributed by atoms with Gasteiger partial charge in [0.05, 0.1) is 29.5 Å². The summed E-state index contributed by atoms with van der Waals surface area (Å²) in [5.41, 5.74) is 0.814. The van der Waals surface area contributed by atoms with Gasteiger partial charge in [-0.2, -0.15) is 23.5 Å². The van der Waals surface area contributed by atoms with Crippen molar-refractivity contribution in [2.24, 2.45) is 0 Å². The van der Waals surface area contributed by atoms with Crippen LogP contribution in [0.15, 0.2) is 36.5 Å². The molecule has 2 amide bonds. The molecular weight excluding hydrogens is 505 g/mol. The molecule has 1 atom stereocenters. The van der Waals surface area contributed by atoms with Crippen LogP contribution in [-0.4, -0.2) is 52.5 Å². The Morgan fingerprint density at radius 1 is 1.34 bits per heavy atom. The lowest BCUT2D eigenvalue weighted by Crippen LogP contribution is -2.53. The first kappa shape index (κ1) is 25.1. The quantitative estimate of drug-likeness (QED) is 0.489. The van der Waals surface area contributed by atoms with Crippen LogP contribution in [0.2, 0.25) is 0 Å². The minimum atomic E-state index is -4.49. The second kappa shape index (κ2) is 9.37. The molecule has 0 aliphatic carbocycles. The third-order valence-electron chi connectivity index (χ3n) is 6.32. The Balaban J connectivity index is 1.55. The van der Waals surface area contributed by atoms with Gasteiger partial charge in [-0.05, 0) is 30.7 Å². The Morgan fingerprint density at radius 2 is 2.16 bits per heavy atom. The van der Waals surface area contributed by atoms with Crippen molar-refractivity contribution < 1.29 is 32.2 Å². The van der Waals surface area contributed by atoms with Gasteiger partial charge in [-0.3, -0.25) is 9.59 Å². The van der Waals surface area contributed by atoms with E-state index in [1.54, 1.807) is 24.4 Å². The van der Waals surface area contributed by atoms with Crippen LogP contribution in [0.25, 0.3) is 5.82 Å². The van der Waals surface area contributed by atoms with Crippen LogP contribution in [-0.2, 0) is 12.0 Å². The van der Waals surface area contributed by atoms with Crippen LogP contribution in [0.3, 0.4) is 0 Å². The highest BCUT2D eigenvalue weighted by atomic mass is 19.4. The monoisotopic (exact) mass is 526 g/mol. The molecule has 1 aromatic carbocycles. The maximum atomic E-state index is 13.5. The van der Waals surface area contributed by atoms with Gasteiger partial charge in [0.15, 0.2) is 12.4 Å². The molecule has 0 fully saturated rings. The Morgan fingerprint density at radius 3 is 2.87 bits per heavy atom. The number of hydrogen-bond acceptors (Lipinski definition) is 7. The molecule has 2 aliphatic rings. The van der Waals surface area contributed by atoms with E-state index in [2.05, 4.69) is 20.7 Å². The molecule has 196 valence electrons. The number of hydrogen-bond donors (Lipinski definition) is 2. The minimum Gasteiger partial charge on any atom is -0.493 e. The zero-order valence-corrected chi connectivity index (χ0v) is 20.1. The fourth-order valence-corrected chi connectivity index (χ4v) is 4.66. The summed E-state index contributed by atoms with van der Waals surface area (Å²) in [5, 5.41) is 18.9. The van der Waals surface area contributed by atoms with Crippen molar-refractivity contribution in [3.63, 3.8) is 0 Å². The summed E-state index contributed by atoms with van der Waals surface area (Å²) in [5.74, 6) is -0.643. The molecule has 3 aromatic rings. The summed E-state index contributed by atoms with van der Waals surface area (Å²) in [6.45, 7) is 0.319. The Bertz CT molecular complexity index is 1460. The van der Waals surface area contributed by atoms with Crippen molar-refractivity contribution in [2.75, 3.05) is 19.8 Å². The molecule has 4 heterocycles. The summed E-state index contributed by atoms with van der Waals surface area (Å²) < 4.78 is 49.6. The van der Waals surface area contributed by atoms with Crippen molar-refractivity contribution in [1.82, 2.24) is 25.4 Å². The lowest BCUT2D eigenvalue weighted by molar-refractivity contribution is -0.153. The van der Waals surface area contributed by atoms with E-state index in [0.717, 1.165) is 5.56 Å². The lowest BCUT2D eigenvalue weighted by atomic mass is 9.77. The van der Waals surface area contributed by atoms with Gasteiger partial charge in [0.2, 0.25) is 0 Å². The number of rotatable bonds is 5. The third kappa shape index (κ3) is 4.60. The number of nitriles is 1. The summed E-state index contributed by atoms with van der Waals surface area (Å²) in [6.07, 6.45) is -2.35. The van der Waals surface area contributed by atoms with Crippen molar-refractivity contribution in [2.45, 2.75) is 31.5 Å². The standard InChI is InChI=1S/C25H21F3N6O4/c1-14-2-5-19(31-12-14)34-21(23(36)30-8-7-29)20-17(33-34)11-24(32-22(20)35)6-9-37-18-10-15(3-4-16(18)24)38-13-25(26,27)28/h2-5,10,12H,6,8-9,11,13H2,1H3,(H,30,36)(H,32,35)/t24-/m0/s1. The molecule has 1 spiro atoms. The predicted molar refractivity (Wildman–Crippen MR) is 125 cm³/mol. The summed E-state index contributed by atoms with van der Waals surface area (Å²) >= 11 is 0. The first-order valence-corrected chi connectivity index (χ1v) is 11.6. The normalized spacial score (nSPS) is 18.0. The number of aromatic nitrogens is 3. The topological polar surface area (TPSA) is 131 Å². The van der Waals surface area contributed by atoms with E-state index in [0.29, 0.717) is 23.5 Å². The van der Waals surface area contributed by atoms with E-state index >= 15 is 0 Å². The van der Waals surface area contributed by atoms with Gasteiger partial charge >= 0.3 is 6.18 Å². The van der Waals surface area contributed by atoms with Crippen LogP contribution in [0, 0.1) is 18.3 Å². The van der Waals surface area contributed by atoms with E-state index in [1.807, 2.05) is 13.0 Å². The number of nitrogens with one attached hydrogen (secondary N) is 2. The van der Waals surface area contributed by atoms with Crippen molar-refractivity contribution >= 4 is 11.8 Å². The number of amides is 2. The number of pyridine rings is 1. The van der Waals surface area contributed by atoms with Crippen LogP contribution in [0.5, 0.6) is 11.5 Å². The summed E-state index contributed by atoms with van der Waals surface area (Å²) in [6, 6.07) is 9.59. The summed E-state index contributed by atoms with van der Waals surface area (Å²) in [4.78, 5) is 30.9. The number of aryl methyl sites for hydroxylation is 1. The number of carbonyl (C=O) groups is 2. The molecule has 5 rings (SSSR count). The zero-order chi connectivity index (χ0) is 27.1. The molecule has 0 unspecified atom stereocenters. The maximum absolute atomic E-state index is 13.5. The Kier molecular flexibility index (Phi) is 6.18. The predicted octanol–water partition coefficient (Wildman–Crippen LogP) is 2.73. The molecule has 0 radical (unpaired) electrons. The number of ether oxygens (including phenoxy) is 2. The number of benzene rings is 1. The van der Waals surface area contributed by atoms with Crippen LogP contribution in [0.1, 0.15) is 44.1 Å². The van der Waals surface area contributed by atoms with Gasteiger partial charge in [-0.15, -0.1) is 0 Å². The SMILES string of the molecule is Cc1ccc(-n2nc3c(c2C(=O)NCC#N)C(=O)N[C@@]2(CCOc4cc(OCC(F)(F)F)ccc42)C3)nc1. The molecule has 2 aliphatic heterocycles. The van der Waals surface area contributed by atoms with E-state index in [4.69, 9.17) is 14.7 Å². The number of fused-ring (bicyclic) bond motifs is 3. The molecule has 0 bridgehead atoms. The fraction of sp³-hybridized carbons (Fsp3) is 0.320. The van der Waals surface area contributed by atoms with E-state index in [9.17, 15) is 22.8 Å². The first-order valence-electron chi connectivity index (χ1n) is 11.6. The first-order chi connectivity index (χ1) is 18.1. The summed E-state index contributed by atoms with van der Waals surface area (Å²) in [7, 11) is 0. The molecule has 10 nitrogen and oxygen atoms in total. The van der Waals surface area contributed by atoms with E-state index < -0.39 is 30.1 Å². The lowest BCUT2D eigenvalue weighted by Gasteiger charge is -2.41. The number of carbonyl (C=O) groups excluding carboxylic acids is 2. The molecule has 13 heteroatoms. The number of nitrogens with zero attached hydrogens (tertiary/aromatic N) is 4. The largest absolute Gasteiger partial charge is 0.493 e. The third-order valence-corrected chi connectivity index (χ3v) is 6.32. The van der Waals surface area contributed by atoms with Crippen molar-refractivity contribution in [3.05, 3.63) is 64.6 Å². The second-order valence-electron chi connectivity index (χ2n) is 8.99. The van der Waals surface area contributed by atoms with Gasteiger partial charge in [0, 0.05) is 30.7 Å². The highest BCUT2D eigenvalue weighted by molar-refractivity contribution is 6.08. The number of alkyl halides is 3. The highest BCUT2D eigenvalue weighted by Crippen LogP contribution is 2.44. The smallest absolute Gasteiger partial charge is 0.422 e. The van der Waals surface area contributed by atoms with Gasteiger partial charge in [0.1, 0.15) is 23.7 Å². The van der Waals surface area contributed by atoms with E-state index in [1.165, 1.54) is 16.8 Å². The van der Waals surface area contributed by atoms with Gasteiger partial charge in [-0.25, -0.2) is 9.67 Å². The van der Waals surface area contributed by atoms with Gasteiger partial charge < -0.3 is 20.1 Å². The highest BCUT2D eigenvalue weighted by Gasteiger charge is 2.47. The molecule has 2 N–H and O–H groups in total. The molecule has 0 saturated heterocycles. The minimum absolute atomic E-state index is 0.0212.